The highest BCUT2D eigenvalue weighted by atomic mass is 16.5. The van der Waals surface area contributed by atoms with E-state index in [1.165, 1.54) is 11.1 Å². The molecule has 0 amide bonds. The van der Waals surface area contributed by atoms with Crippen molar-refractivity contribution < 1.29 is 9.47 Å². The Labute approximate surface area is 128 Å². The van der Waals surface area contributed by atoms with Crippen LogP contribution < -0.4 is 5.73 Å². The summed E-state index contributed by atoms with van der Waals surface area (Å²) in [5.41, 5.74) is 8.52. The molecule has 1 aromatic carbocycles. The van der Waals surface area contributed by atoms with Crippen molar-refractivity contribution in [2.75, 3.05) is 33.9 Å². The Morgan fingerprint density at radius 3 is 2.57 bits per heavy atom. The molecule has 0 radical (unpaired) electrons. The number of likely N-dealkylation sites (tertiary alicyclic amines) is 1. The number of piperidine rings is 1. The maximum atomic E-state index is 6.05. The Hall–Kier alpha value is -0.940. The number of rotatable bonds is 6. The van der Waals surface area contributed by atoms with Crippen LogP contribution in [0.15, 0.2) is 24.3 Å². The fourth-order valence-corrected chi connectivity index (χ4v) is 3.15. The van der Waals surface area contributed by atoms with Crippen molar-refractivity contribution in [2.45, 2.75) is 32.1 Å². The number of nitrogens with zero attached hydrogens (tertiary/aromatic N) is 1. The van der Waals surface area contributed by atoms with Crippen LogP contribution in [0.5, 0.6) is 0 Å². The van der Waals surface area contributed by atoms with Crippen molar-refractivity contribution in [1.29, 1.82) is 0 Å². The molecule has 2 rings (SSSR count). The Balaban J connectivity index is 2.08. The van der Waals surface area contributed by atoms with E-state index in [0.717, 1.165) is 19.5 Å². The van der Waals surface area contributed by atoms with Gasteiger partial charge in [0.2, 0.25) is 0 Å². The van der Waals surface area contributed by atoms with E-state index in [9.17, 15) is 0 Å². The molecule has 4 heteroatoms. The minimum Gasteiger partial charge on any atom is -0.380 e. The van der Waals surface area contributed by atoms with Crippen LogP contribution in [0.2, 0.25) is 0 Å². The van der Waals surface area contributed by atoms with Crippen LogP contribution in [0.25, 0.3) is 0 Å². The van der Waals surface area contributed by atoms with Gasteiger partial charge in [-0.1, -0.05) is 31.2 Å². The van der Waals surface area contributed by atoms with Gasteiger partial charge in [-0.25, -0.2) is 0 Å². The summed E-state index contributed by atoms with van der Waals surface area (Å²) in [6.45, 7) is 5.60. The monoisotopic (exact) mass is 292 g/mol. The van der Waals surface area contributed by atoms with E-state index >= 15 is 0 Å². The highest BCUT2D eigenvalue weighted by molar-refractivity contribution is 5.25. The minimum atomic E-state index is 0.270. The summed E-state index contributed by atoms with van der Waals surface area (Å²) in [6, 6.07) is 8.87. The van der Waals surface area contributed by atoms with E-state index in [1.807, 2.05) is 7.11 Å². The van der Waals surface area contributed by atoms with Crippen molar-refractivity contribution in [2.24, 2.45) is 11.7 Å². The molecule has 1 heterocycles. The van der Waals surface area contributed by atoms with Crippen molar-refractivity contribution in [3.63, 3.8) is 0 Å². The van der Waals surface area contributed by atoms with Gasteiger partial charge in [0.25, 0.3) is 0 Å². The third-order valence-corrected chi connectivity index (χ3v) is 4.56. The smallest absolute Gasteiger partial charge is 0.0724 e. The Bertz CT molecular complexity index is 421. The van der Waals surface area contributed by atoms with Gasteiger partial charge in [-0.2, -0.15) is 0 Å². The number of methoxy groups -OCH3 is 2. The molecule has 1 aromatic rings. The number of hydrogen-bond acceptors (Lipinski definition) is 4. The van der Waals surface area contributed by atoms with E-state index in [-0.39, 0.29) is 6.04 Å². The zero-order valence-electron chi connectivity index (χ0n) is 13.4. The maximum Gasteiger partial charge on any atom is 0.0724 e. The molecule has 1 aliphatic rings. The lowest BCUT2D eigenvalue weighted by molar-refractivity contribution is -0.0183. The molecule has 0 bridgehead atoms. The lowest BCUT2D eigenvalue weighted by Crippen LogP contribution is -2.47. The first-order valence-electron chi connectivity index (χ1n) is 7.74. The fourth-order valence-electron chi connectivity index (χ4n) is 3.15. The first kappa shape index (κ1) is 16.4. The standard InChI is InChI=1S/C17H28N2O2/c1-13-8-9-19(11-17(13)21-3)16(10-18)15-6-4-14(5-7-15)12-20-2/h4-7,13,16-17H,8-12,18H2,1-3H3. The average Bonchev–Trinajstić information content (AvgIpc) is 2.51. The average molecular weight is 292 g/mol. The molecule has 1 aliphatic heterocycles. The van der Waals surface area contributed by atoms with Crippen molar-refractivity contribution in [3.05, 3.63) is 35.4 Å². The number of hydrogen-bond donors (Lipinski definition) is 1. The van der Waals surface area contributed by atoms with Gasteiger partial charge in [-0.05, 0) is 30.0 Å². The largest absolute Gasteiger partial charge is 0.380 e. The summed E-state index contributed by atoms with van der Waals surface area (Å²) < 4.78 is 10.8. The summed E-state index contributed by atoms with van der Waals surface area (Å²) in [5.74, 6) is 0.619. The van der Waals surface area contributed by atoms with Gasteiger partial charge in [0.15, 0.2) is 0 Å². The molecule has 118 valence electrons. The first-order chi connectivity index (χ1) is 10.2. The molecular formula is C17H28N2O2. The van der Waals surface area contributed by atoms with E-state index in [0.29, 0.717) is 25.2 Å². The minimum absolute atomic E-state index is 0.270. The molecule has 0 spiro atoms. The van der Waals surface area contributed by atoms with E-state index in [4.69, 9.17) is 15.2 Å². The highest BCUT2D eigenvalue weighted by Gasteiger charge is 2.30. The van der Waals surface area contributed by atoms with Crippen LogP contribution in [-0.4, -0.2) is 44.9 Å². The molecule has 0 aromatic heterocycles. The van der Waals surface area contributed by atoms with Crippen LogP contribution >= 0.6 is 0 Å². The molecular weight excluding hydrogens is 264 g/mol. The second-order valence-electron chi connectivity index (χ2n) is 5.96. The first-order valence-corrected chi connectivity index (χ1v) is 7.74. The Kier molecular flexibility index (Phi) is 6.18. The second-order valence-corrected chi connectivity index (χ2v) is 5.96. The van der Waals surface area contributed by atoms with E-state index in [1.54, 1.807) is 7.11 Å². The van der Waals surface area contributed by atoms with Crippen LogP contribution in [0.1, 0.15) is 30.5 Å². The van der Waals surface area contributed by atoms with Crippen LogP contribution in [0, 0.1) is 5.92 Å². The van der Waals surface area contributed by atoms with Gasteiger partial charge in [-0.15, -0.1) is 0 Å². The van der Waals surface area contributed by atoms with Crippen LogP contribution in [-0.2, 0) is 16.1 Å². The molecule has 3 unspecified atom stereocenters. The van der Waals surface area contributed by atoms with Gasteiger partial charge in [0.1, 0.15) is 0 Å². The molecule has 21 heavy (non-hydrogen) atoms. The fraction of sp³-hybridized carbons (Fsp3) is 0.647. The lowest BCUT2D eigenvalue weighted by Gasteiger charge is -2.40. The van der Waals surface area contributed by atoms with Gasteiger partial charge in [-0.3, -0.25) is 4.90 Å². The summed E-state index contributed by atoms with van der Waals surface area (Å²) in [4.78, 5) is 2.46. The Morgan fingerprint density at radius 2 is 2.00 bits per heavy atom. The molecule has 0 saturated carbocycles. The third kappa shape index (κ3) is 4.04. The zero-order chi connectivity index (χ0) is 15.2. The third-order valence-electron chi connectivity index (χ3n) is 4.56. The maximum absolute atomic E-state index is 6.05. The Morgan fingerprint density at radius 1 is 1.29 bits per heavy atom. The molecule has 0 aliphatic carbocycles. The van der Waals surface area contributed by atoms with Gasteiger partial charge in [0, 0.05) is 33.4 Å². The SMILES string of the molecule is COCc1ccc(C(CN)N2CCC(C)C(OC)C2)cc1. The highest BCUT2D eigenvalue weighted by Crippen LogP contribution is 2.27. The quantitative estimate of drug-likeness (QED) is 0.873. The van der Waals surface area contributed by atoms with Crippen molar-refractivity contribution in [3.8, 4) is 0 Å². The van der Waals surface area contributed by atoms with E-state index in [2.05, 4.69) is 36.1 Å². The molecule has 3 atom stereocenters. The lowest BCUT2D eigenvalue weighted by atomic mass is 9.93. The summed E-state index contributed by atoms with van der Waals surface area (Å²) >= 11 is 0. The molecule has 1 fully saturated rings. The van der Waals surface area contributed by atoms with Gasteiger partial charge < -0.3 is 15.2 Å². The molecule has 4 nitrogen and oxygen atoms in total. The van der Waals surface area contributed by atoms with E-state index < -0.39 is 0 Å². The predicted octanol–water partition coefficient (Wildman–Crippen LogP) is 2.19. The predicted molar refractivity (Wildman–Crippen MR) is 85.1 cm³/mol. The zero-order valence-corrected chi connectivity index (χ0v) is 13.4. The second kappa shape index (κ2) is 7.90. The molecule has 2 N–H and O–H groups in total. The van der Waals surface area contributed by atoms with Crippen LogP contribution in [0.3, 0.4) is 0 Å². The topological polar surface area (TPSA) is 47.7 Å². The summed E-state index contributed by atoms with van der Waals surface area (Å²) in [7, 11) is 3.53. The van der Waals surface area contributed by atoms with Crippen molar-refractivity contribution >= 4 is 0 Å². The van der Waals surface area contributed by atoms with Gasteiger partial charge >= 0.3 is 0 Å². The summed E-state index contributed by atoms with van der Waals surface area (Å²) in [6.07, 6.45) is 1.47. The summed E-state index contributed by atoms with van der Waals surface area (Å²) in [5, 5.41) is 0. The molecule has 1 saturated heterocycles. The normalized spacial score (nSPS) is 25.0. The van der Waals surface area contributed by atoms with Crippen molar-refractivity contribution in [1.82, 2.24) is 4.90 Å². The number of nitrogens with two attached hydrogens (primary N) is 1. The van der Waals surface area contributed by atoms with Gasteiger partial charge in [0.05, 0.1) is 12.7 Å². The van der Waals surface area contributed by atoms with Crippen LogP contribution in [0.4, 0.5) is 0 Å². The number of benzene rings is 1. The number of ether oxygens (including phenoxy) is 2.